The second-order valence-corrected chi connectivity index (χ2v) is 10.1. The maximum atomic E-state index is 13.1. The summed E-state index contributed by atoms with van der Waals surface area (Å²) in [5.41, 5.74) is 5.25. The summed E-state index contributed by atoms with van der Waals surface area (Å²) < 4.78 is 7.04. The molecule has 1 saturated heterocycles. The summed E-state index contributed by atoms with van der Waals surface area (Å²) in [6, 6.07) is 17.4. The fraction of sp³-hybridized carbons (Fsp3) is 0.310. The van der Waals surface area contributed by atoms with Crippen LogP contribution >= 0.6 is 24.0 Å². The van der Waals surface area contributed by atoms with E-state index in [1.165, 1.54) is 11.1 Å². The number of nitrogens with one attached hydrogen (secondary N) is 2. The Bertz CT molecular complexity index is 1430. The zero-order chi connectivity index (χ0) is 25.9. The number of urea groups is 1. The van der Waals surface area contributed by atoms with Gasteiger partial charge < -0.3 is 15.0 Å². The smallest absolute Gasteiger partial charge is 0.324 e. The number of amides is 2. The van der Waals surface area contributed by atoms with Gasteiger partial charge in [0.2, 0.25) is 0 Å². The largest absolute Gasteiger partial charge is 0.380 e. The highest BCUT2D eigenvalue weighted by Gasteiger charge is 2.21. The molecule has 0 radical (unpaired) electrons. The molecule has 1 aliphatic heterocycles. The van der Waals surface area contributed by atoms with Crippen molar-refractivity contribution in [3.63, 3.8) is 0 Å². The standard InChI is InChI=1S/C29H32ClN5O2.ClH/c1-19-4-6-22(17-24(19)21-11-14-34(2)15-12-21)35-28(10-13-31-35)33-29(36)32-27-9-8-26(30)23-7-5-20(18-37-3)16-25(23)27;/h4-10,13,16-17,21H,11-12,14-15,18H2,1-3H3,(H2,32,33,36);1H. The highest BCUT2D eigenvalue weighted by molar-refractivity contribution is 6.36. The molecule has 1 aromatic heterocycles. The average Bonchev–Trinajstić information content (AvgIpc) is 3.35. The molecule has 1 fully saturated rings. The molecule has 2 amide bonds. The van der Waals surface area contributed by atoms with Crippen LogP contribution in [0.25, 0.3) is 16.5 Å². The van der Waals surface area contributed by atoms with Crippen LogP contribution in [0.4, 0.5) is 16.3 Å². The van der Waals surface area contributed by atoms with Crippen molar-refractivity contribution in [2.24, 2.45) is 0 Å². The van der Waals surface area contributed by atoms with Crippen molar-refractivity contribution in [2.45, 2.75) is 32.3 Å². The number of carbonyl (C=O) groups is 1. The number of fused-ring (bicyclic) bond motifs is 1. The molecule has 2 heterocycles. The van der Waals surface area contributed by atoms with Gasteiger partial charge in [0, 0.05) is 29.0 Å². The van der Waals surface area contributed by atoms with Gasteiger partial charge in [-0.15, -0.1) is 12.4 Å². The number of rotatable bonds is 6. The van der Waals surface area contributed by atoms with Crippen LogP contribution in [-0.2, 0) is 11.3 Å². The molecular formula is C29H33Cl2N5O2. The molecule has 5 rings (SSSR count). The van der Waals surface area contributed by atoms with E-state index in [2.05, 4.69) is 46.7 Å². The first kappa shape index (κ1) is 27.9. The van der Waals surface area contributed by atoms with E-state index in [4.69, 9.17) is 16.3 Å². The van der Waals surface area contributed by atoms with Gasteiger partial charge in [-0.1, -0.05) is 29.8 Å². The molecule has 38 heavy (non-hydrogen) atoms. The van der Waals surface area contributed by atoms with Gasteiger partial charge in [0.15, 0.2) is 0 Å². The van der Waals surface area contributed by atoms with E-state index >= 15 is 0 Å². The summed E-state index contributed by atoms with van der Waals surface area (Å²) in [7, 11) is 3.83. The molecule has 0 saturated carbocycles. The molecular weight excluding hydrogens is 521 g/mol. The number of aryl methyl sites for hydroxylation is 1. The van der Waals surface area contributed by atoms with E-state index in [9.17, 15) is 4.79 Å². The van der Waals surface area contributed by atoms with Gasteiger partial charge >= 0.3 is 6.03 Å². The molecule has 0 bridgehead atoms. The van der Waals surface area contributed by atoms with Gasteiger partial charge in [-0.25, -0.2) is 9.48 Å². The van der Waals surface area contributed by atoms with Crippen molar-refractivity contribution in [3.8, 4) is 5.69 Å². The van der Waals surface area contributed by atoms with Crippen molar-refractivity contribution in [1.29, 1.82) is 0 Å². The molecule has 9 heteroatoms. The van der Waals surface area contributed by atoms with Gasteiger partial charge in [-0.05, 0) is 92.8 Å². The van der Waals surface area contributed by atoms with E-state index in [0.717, 1.165) is 48.0 Å². The number of carbonyl (C=O) groups excluding carboxylic acids is 1. The number of piperidine rings is 1. The Labute approximate surface area is 234 Å². The Kier molecular flexibility index (Phi) is 8.95. The van der Waals surface area contributed by atoms with E-state index in [1.54, 1.807) is 30.1 Å². The lowest BCUT2D eigenvalue weighted by atomic mass is 9.87. The Balaban J connectivity index is 0.00000336. The first-order valence-electron chi connectivity index (χ1n) is 12.5. The molecule has 0 atom stereocenters. The molecule has 2 N–H and O–H groups in total. The number of benzene rings is 3. The van der Waals surface area contributed by atoms with Crippen molar-refractivity contribution < 1.29 is 9.53 Å². The van der Waals surface area contributed by atoms with Crippen LogP contribution in [0.2, 0.25) is 5.02 Å². The summed E-state index contributed by atoms with van der Waals surface area (Å²) in [4.78, 5) is 15.5. The highest BCUT2D eigenvalue weighted by Crippen LogP contribution is 2.33. The van der Waals surface area contributed by atoms with Crippen LogP contribution in [0.1, 0.15) is 35.4 Å². The lowest BCUT2D eigenvalue weighted by molar-refractivity contribution is 0.185. The number of anilines is 2. The summed E-state index contributed by atoms with van der Waals surface area (Å²) in [6.07, 6.45) is 3.99. The zero-order valence-electron chi connectivity index (χ0n) is 21.8. The molecule has 3 aromatic carbocycles. The summed E-state index contributed by atoms with van der Waals surface area (Å²) in [6.45, 7) is 4.86. The fourth-order valence-corrected chi connectivity index (χ4v) is 5.34. The predicted molar refractivity (Wildman–Crippen MR) is 157 cm³/mol. The molecule has 0 unspecified atom stereocenters. The van der Waals surface area contributed by atoms with Gasteiger partial charge in [-0.3, -0.25) is 5.32 Å². The van der Waals surface area contributed by atoms with Crippen molar-refractivity contribution >= 4 is 52.3 Å². The van der Waals surface area contributed by atoms with Gasteiger partial charge in [0.1, 0.15) is 5.82 Å². The zero-order valence-corrected chi connectivity index (χ0v) is 23.4. The number of hydrogen-bond donors (Lipinski definition) is 2. The highest BCUT2D eigenvalue weighted by atomic mass is 35.5. The SMILES string of the molecule is COCc1ccc2c(Cl)ccc(NC(=O)Nc3ccnn3-c3ccc(C)c(C4CCN(C)CC4)c3)c2c1.Cl. The molecule has 4 aromatic rings. The van der Waals surface area contributed by atoms with Crippen molar-refractivity contribution in [1.82, 2.24) is 14.7 Å². The number of hydrogen-bond acceptors (Lipinski definition) is 4. The van der Waals surface area contributed by atoms with Crippen molar-refractivity contribution in [2.75, 3.05) is 37.9 Å². The number of nitrogens with zero attached hydrogens (tertiary/aromatic N) is 3. The van der Waals surface area contributed by atoms with Crippen LogP contribution in [0, 0.1) is 6.92 Å². The second-order valence-electron chi connectivity index (χ2n) is 9.73. The Morgan fingerprint density at radius 3 is 2.61 bits per heavy atom. The van der Waals surface area contributed by atoms with E-state index in [-0.39, 0.29) is 18.4 Å². The first-order valence-corrected chi connectivity index (χ1v) is 12.9. The summed E-state index contributed by atoms with van der Waals surface area (Å²) >= 11 is 6.41. The number of halogens is 2. The van der Waals surface area contributed by atoms with Crippen LogP contribution < -0.4 is 10.6 Å². The van der Waals surface area contributed by atoms with E-state index in [0.29, 0.717) is 29.1 Å². The summed E-state index contributed by atoms with van der Waals surface area (Å²) in [5.74, 6) is 1.13. The van der Waals surface area contributed by atoms with Gasteiger partial charge in [0.25, 0.3) is 0 Å². The number of aromatic nitrogens is 2. The minimum Gasteiger partial charge on any atom is -0.380 e. The predicted octanol–water partition coefficient (Wildman–Crippen LogP) is 7.01. The number of methoxy groups -OCH3 is 1. The van der Waals surface area contributed by atoms with E-state index in [1.807, 2.05) is 30.3 Å². The Morgan fingerprint density at radius 1 is 1.05 bits per heavy atom. The Hall–Kier alpha value is -3.10. The van der Waals surface area contributed by atoms with Crippen LogP contribution in [0.15, 0.2) is 60.8 Å². The summed E-state index contributed by atoms with van der Waals surface area (Å²) in [5, 5.41) is 12.8. The number of ether oxygens (including phenoxy) is 1. The lowest BCUT2D eigenvalue weighted by Gasteiger charge is -2.30. The molecule has 0 spiro atoms. The average molecular weight is 555 g/mol. The third kappa shape index (κ3) is 5.97. The second kappa shape index (κ2) is 12.2. The monoisotopic (exact) mass is 553 g/mol. The fourth-order valence-electron chi connectivity index (χ4n) is 5.12. The molecule has 7 nitrogen and oxygen atoms in total. The molecule has 0 aliphatic carbocycles. The minimum absolute atomic E-state index is 0. The lowest BCUT2D eigenvalue weighted by Crippen LogP contribution is -2.29. The Morgan fingerprint density at radius 2 is 1.84 bits per heavy atom. The quantitative estimate of drug-likeness (QED) is 0.269. The number of likely N-dealkylation sites (tertiary alicyclic amines) is 1. The molecule has 200 valence electrons. The maximum Gasteiger partial charge on any atom is 0.324 e. The van der Waals surface area contributed by atoms with Gasteiger partial charge in [0.05, 0.1) is 24.2 Å². The van der Waals surface area contributed by atoms with Crippen LogP contribution in [0.5, 0.6) is 0 Å². The molecule has 1 aliphatic rings. The first-order chi connectivity index (χ1) is 17.9. The van der Waals surface area contributed by atoms with Crippen molar-refractivity contribution in [3.05, 3.63) is 82.5 Å². The third-order valence-electron chi connectivity index (χ3n) is 7.14. The van der Waals surface area contributed by atoms with Crippen LogP contribution in [-0.4, -0.2) is 48.0 Å². The topological polar surface area (TPSA) is 71.4 Å². The maximum absolute atomic E-state index is 13.1. The van der Waals surface area contributed by atoms with Crippen LogP contribution in [0.3, 0.4) is 0 Å². The minimum atomic E-state index is -0.356. The normalized spacial score (nSPS) is 14.3. The third-order valence-corrected chi connectivity index (χ3v) is 7.47. The van der Waals surface area contributed by atoms with Gasteiger partial charge in [-0.2, -0.15) is 5.10 Å². The van der Waals surface area contributed by atoms with E-state index < -0.39 is 0 Å².